The maximum Gasteiger partial charge on any atom is 0.330 e. The molecule has 4 unspecified atom stereocenters. The summed E-state index contributed by atoms with van der Waals surface area (Å²) in [7, 11) is 6.44. The second kappa shape index (κ2) is 7.14. The molecule has 0 spiro atoms. The Balaban J connectivity index is 2.21. The Morgan fingerprint density at radius 1 is 1.17 bits per heavy atom. The van der Waals surface area contributed by atoms with Crippen molar-refractivity contribution in [2.24, 2.45) is 11.8 Å². The third-order valence-corrected chi connectivity index (χ3v) is 6.02. The van der Waals surface area contributed by atoms with Crippen molar-refractivity contribution in [1.29, 1.82) is 0 Å². The smallest absolute Gasteiger partial charge is 0.330 e. The predicted octanol–water partition coefficient (Wildman–Crippen LogP) is 0.357. The number of imide groups is 1. The van der Waals surface area contributed by atoms with Gasteiger partial charge in [-0.1, -0.05) is 12.1 Å². The lowest BCUT2D eigenvalue weighted by molar-refractivity contribution is -0.164. The van der Waals surface area contributed by atoms with Crippen LogP contribution in [-0.2, 0) is 23.9 Å². The molecule has 0 saturated carbocycles. The van der Waals surface area contributed by atoms with Crippen LogP contribution in [0.5, 0.6) is 0 Å². The van der Waals surface area contributed by atoms with E-state index in [9.17, 15) is 24.3 Å². The van der Waals surface area contributed by atoms with E-state index in [-0.39, 0.29) is 6.61 Å². The lowest BCUT2D eigenvalue weighted by atomic mass is 9.80. The predicted molar refractivity (Wildman–Crippen MR) is 103 cm³/mol. The first-order chi connectivity index (χ1) is 13.6. The van der Waals surface area contributed by atoms with Gasteiger partial charge in [-0.25, -0.2) is 4.79 Å². The number of aliphatic carboxylic acids is 1. The van der Waals surface area contributed by atoms with Crippen LogP contribution in [0.15, 0.2) is 24.3 Å². The van der Waals surface area contributed by atoms with E-state index >= 15 is 0 Å². The maximum absolute atomic E-state index is 12.9. The molecule has 0 aromatic heterocycles. The fourth-order valence-corrected chi connectivity index (χ4v) is 4.51. The van der Waals surface area contributed by atoms with Gasteiger partial charge in [0.15, 0.2) is 5.54 Å². The van der Waals surface area contributed by atoms with E-state index in [2.05, 4.69) is 0 Å². The van der Waals surface area contributed by atoms with E-state index in [1.54, 1.807) is 12.1 Å². The highest BCUT2D eigenvalue weighted by molar-refractivity contribution is 6.10. The van der Waals surface area contributed by atoms with Crippen LogP contribution in [0.2, 0.25) is 0 Å². The summed E-state index contributed by atoms with van der Waals surface area (Å²) in [5.74, 6) is -5.14. The summed E-state index contributed by atoms with van der Waals surface area (Å²) >= 11 is 0. The molecule has 3 rings (SSSR count). The fourth-order valence-electron chi connectivity index (χ4n) is 4.51. The van der Waals surface area contributed by atoms with Crippen LogP contribution in [0.3, 0.4) is 0 Å². The number of anilines is 1. The van der Waals surface area contributed by atoms with Crippen molar-refractivity contribution in [3.05, 3.63) is 29.8 Å². The Kier molecular flexibility index (Phi) is 5.12. The number of methoxy groups -OCH3 is 1. The van der Waals surface area contributed by atoms with E-state index < -0.39 is 47.1 Å². The highest BCUT2D eigenvalue weighted by Gasteiger charge is 2.70. The molecule has 2 saturated heterocycles. The molecule has 3 amide bonds. The molecule has 1 N–H and O–H groups in total. The van der Waals surface area contributed by atoms with E-state index in [0.29, 0.717) is 5.56 Å². The molecule has 0 radical (unpaired) electrons. The minimum atomic E-state index is -1.87. The number of nitrogens with zero attached hydrogens (tertiary/aromatic N) is 3. The minimum absolute atomic E-state index is 0.354. The van der Waals surface area contributed by atoms with Crippen molar-refractivity contribution >= 4 is 29.4 Å². The number of carbonyl (C=O) groups excluding carboxylic acids is 3. The van der Waals surface area contributed by atoms with Crippen molar-refractivity contribution in [3.63, 3.8) is 0 Å². The van der Waals surface area contributed by atoms with E-state index in [1.165, 1.54) is 21.1 Å². The number of benzene rings is 1. The summed E-state index contributed by atoms with van der Waals surface area (Å²) in [4.78, 5) is 55.1. The summed E-state index contributed by atoms with van der Waals surface area (Å²) in [5.41, 5.74) is -0.371. The monoisotopic (exact) mass is 403 g/mol. The molecule has 156 valence electrons. The van der Waals surface area contributed by atoms with Gasteiger partial charge in [0.25, 0.3) is 0 Å². The SMILES string of the molecule is COCC(=O)N1C(c2ccc(N(C)C)cc2)C2C(=O)N(C)C(=O)C2C1(C)C(=O)O. The average Bonchev–Trinajstić information content (AvgIpc) is 3.08. The van der Waals surface area contributed by atoms with Crippen molar-refractivity contribution in [3.8, 4) is 0 Å². The largest absolute Gasteiger partial charge is 0.479 e. The van der Waals surface area contributed by atoms with Crippen molar-refractivity contribution in [1.82, 2.24) is 9.80 Å². The lowest BCUT2D eigenvalue weighted by Gasteiger charge is -2.38. The first-order valence-corrected chi connectivity index (χ1v) is 9.20. The number of ether oxygens (including phenoxy) is 1. The number of hydrogen-bond acceptors (Lipinski definition) is 6. The number of amides is 3. The Bertz CT molecular complexity index is 867. The van der Waals surface area contributed by atoms with Gasteiger partial charge in [0.2, 0.25) is 17.7 Å². The first-order valence-electron chi connectivity index (χ1n) is 9.20. The normalized spacial score (nSPS) is 28.7. The summed E-state index contributed by atoms with van der Waals surface area (Å²) in [6.45, 7) is 0.978. The van der Waals surface area contributed by atoms with Gasteiger partial charge in [-0.3, -0.25) is 19.3 Å². The summed E-state index contributed by atoms with van der Waals surface area (Å²) in [6.07, 6.45) is 0. The quantitative estimate of drug-likeness (QED) is 0.707. The van der Waals surface area contributed by atoms with Crippen molar-refractivity contribution in [2.75, 3.05) is 39.8 Å². The molecule has 0 bridgehead atoms. The summed E-state index contributed by atoms with van der Waals surface area (Å²) in [6, 6.07) is 6.28. The first kappa shape index (κ1) is 20.8. The molecular formula is C20H25N3O6. The van der Waals surface area contributed by atoms with Crippen LogP contribution >= 0.6 is 0 Å². The Morgan fingerprint density at radius 2 is 1.76 bits per heavy atom. The maximum atomic E-state index is 12.9. The van der Waals surface area contributed by atoms with E-state index in [4.69, 9.17) is 4.74 Å². The van der Waals surface area contributed by atoms with Gasteiger partial charge in [-0.2, -0.15) is 0 Å². The molecule has 9 nitrogen and oxygen atoms in total. The van der Waals surface area contributed by atoms with Gasteiger partial charge in [-0.15, -0.1) is 0 Å². The number of fused-ring (bicyclic) bond motifs is 1. The van der Waals surface area contributed by atoms with Gasteiger partial charge >= 0.3 is 5.97 Å². The topological polar surface area (TPSA) is 107 Å². The van der Waals surface area contributed by atoms with Crippen LogP contribution in [0.1, 0.15) is 18.5 Å². The molecule has 9 heteroatoms. The van der Waals surface area contributed by atoms with Gasteiger partial charge < -0.3 is 19.6 Å². The number of hydrogen-bond donors (Lipinski definition) is 1. The number of carboxylic acid groups (broad SMARTS) is 1. The third kappa shape index (κ3) is 2.88. The van der Waals surface area contributed by atoms with Crippen LogP contribution < -0.4 is 4.90 Å². The molecule has 1 aromatic carbocycles. The summed E-state index contributed by atoms with van der Waals surface area (Å²) < 4.78 is 4.95. The molecule has 2 fully saturated rings. The molecule has 2 aliphatic rings. The van der Waals surface area contributed by atoms with E-state index in [0.717, 1.165) is 15.5 Å². The number of carbonyl (C=O) groups is 4. The average molecular weight is 403 g/mol. The Labute approximate surface area is 168 Å². The molecular weight excluding hydrogens is 378 g/mol. The van der Waals surface area contributed by atoms with Crippen LogP contribution in [0, 0.1) is 11.8 Å². The van der Waals surface area contributed by atoms with Gasteiger partial charge in [-0.05, 0) is 24.6 Å². The second-order valence-electron chi connectivity index (χ2n) is 7.82. The third-order valence-electron chi connectivity index (χ3n) is 6.02. The Morgan fingerprint density at radius 3 is 2.24 bits per heavy atom. The molecule has 1 aromatic rings. The Hall–Kier alpha value is -2.94. The van der Waals surface area contributed by atoms with Crippen LogP contribution in [0.25, 0.3) is 0 Å². The second-order valence-corrected chi connectivity index (χ2v) is 7.82. The van der Waals surface area contributed by atoms with Crippen LogP contribution in [0.4, 0.5) is 5.69 Å². The lowest BCUT2D eigenvalue weighted by Crippen LogP contribution is -2.57. The van der Waals surface area contributed by atoms with Crippen molar-refractivity contribution < 1.29 is 29.0 Å². The molecule has 2 aliphatic heterocycles. The molecule has 0 aliphatic carbocycles. The van der Waals surface area contributed by atoms with Gasteiger partial charge in [0, 0.05) is 33.9 Å². The minimum Gasteiger partial charge on any atom is -0.479 e. The standard InChI is InChI=1S/C20H25N3O6/c1-20(19(27)28)15-14(17(25)22(4)18(15)26)16(23(20)13(24)10-29-5)11-6-8-12(9-7-11)21(2)3/h6-9,14-16H,10H2,1-5H3,(H,27,28). The van der Waals surface area contributed by atoms with Gasteiger partial charge in [0.1, 0.15) is 6.61 Å². The number of likely N-dealkylation sites (tertiary alicyclic amines) is 2. The molecule has 2 heterocycles. The summed E-state index contributed by atoms with van der Waals surface area (Å²) in [5, 5.41) is 10.1. The zero-order valence-corrected chi connectivity index (χ0v) is 17.1. The molecule has 4 atom stereocenters. The number of carboxylic acids is 1. The highest BCUT2D eigenvalue weighted by Crippen LogP contribution is 2.54. The van der Waals surface area contributed by atoms with Crippen LogP contribution in [-0.4, -0.2) is 79.0 Å². The fraction of sp³-hybridized carbons (Fsp3) is 0.500. The number of rotatable bonds is 5. The van der Waals surface area contributed by atoms with Crippen molar-refractivity contribution in [2.45, 2.75) is 18.5 Å². The molecule has 29 heavy (non-hydrogen) atoms. The highest BCUT2D eigenvalue weighted by atomic mass is 16.5. The zero-order valence-electron chi connectivity index (χ0n) is 17.1. The zero-order chi connectivity index (χ0) is 21.7. The van der Waals surface area contributed by atoms with Gasteiger partial charge in [0.05, 0.1) is 17.9 Å². The van der Waals surface area contributed by atoms with E-state index in [1.807, 2.05) is 31.1 Å².